The predicted octanol–water partition coefficient (Wildman–Crippen LogP) is 4.79. The van der Waals surface area contributed by atoms with Gasteiger partial charge in [0.05, 0.1) is 31.0 Å². The Balaban J connectivity index is 1.64. The highest BCUT2D eigenvalue weighted by Crippen LogP contribution is 2.35. The normalized spacial score (nSPS) is 16.8. The number of benzene rings is 2. The number of thioether (sulfide) groups is 1. The van der Waals surface area contributed by atoms with Crippen LogP contribution >= 0.6 is 11.8 Å². The van der Waals surface area contributed by atoms with E-state index >= 15 is 0 Å². The SMILES string of the molecule is COc1ccccc1/C=C1\S/C(=N/N=C\c2ccccc2)N(Cc2ccco2)C1=O. The molecule has 0 N–H and O–H groups in total. The van der Waals surface area contributed by atoms with Crippen LogP contribution in [-0.2, 0) is 11.3 Å². The van der Waals surface area contributed by atoms with Crippen molar-refractivity contribution in [3.63, 3.8) is 0 Å². The van der Waals surface area contributed by atoms with Crippen LogP contribution in [-0.4, -0.2) is 29.3 Å². The lowest BCUT2D eigenvalue weighted by Gasteiger charge is -2.12. The van der Waals surface area contributed by atoms with Crippen molar-refractivity contribution in [2.75, 3.05) is 7.11 Å². The van der Waals surface area contributed by atoms with Gasteiger partial charge in [0.2, 0.25) is 0 Å². The topological polar surface area (TPSA) is 67.4 Å². The second-order valence-corrected chi connectivity index (χ2v) is 7.37. The molecule has 0 bridgehead atoms. The van der Waals surface area contributed by atoms with Gasteiger partial charge in [-0.3, -0.25) is 9.69 Å². The van der Waals surface area contributed by atoms with Crippen molar-refractivity contribution in [3.05, 3.63) is 94.8 Å². The number of furan rings is 1. The standard InChI is InChI=1S/C23H19N3O3S/c1-28-20-12-6-5-10-18(20)14-21-22(27)26(16-19-11-7-13-29-19)23(30-21)25-24-15-17-8-3-2-4-9-17/h2-15H,16H2,1H3/b21-14-,24-15-,25-23+. The quantitative estimate of drug-likeness (QED) is 0.328. The largest absolute Gasteiger partial charge is 0.496 e. The number of carbonyl (C=O) groups excluding carboxylic acids is 1. The van der Waals surface area contributed by atoms with Gasteiger partial charge in [-0.2, -0.15) is 5.10 Å². The zero-order chi connectivity index (χ0) is 20.8. The van der Waals surface area contributed by atoms with Crippen molar-refractivity contribution in [1.29, 1.82) is 0 Å². The van der Waals surface area contributed by atoms with Gasteiger partial charge in [0, 0.05) is 5.56 Å². The fourth-order valence-electron chi connectivity index (χ4n) is 2.89. The Morgan fingerprint density at radius 2 is 1.87 bits per heavy atom. The summed E-state index contributed by atoms with van der Waals surface area (Å²) in [6.45, 7) is 0.280. The molecule has 6 nitrogen and oxygen atoms in total. The lowest BCUT2D eigenvalue weighted by atomic mass is 10.2. The first-order valence-electron chi connectivity index (χ1n) is 9.27. The summed E-state index contributed by atoms with van der Waals surface area (Å²) in [5, 5.41) is 8.97. The summed E-state index contributed by atoms with van der Waals surface area (Å²) in [7, 11) is 1.61. The van der Waals surface area contributed by atoms with Crippen LogP contribution in [0.3, 0.4) is 0 Å². The van der Waals surface area contributed by atoms with E-state index in [-0.39, 0.29) is 12.5 Å². The van der Waals surface area contributed by atoms with E-state index in [1.165, 1.54) is 11.8 Å². The lowest BCUT2D eigenvalue weighted by molar-refractivity contribution is -0.122. The van der Waals surface area contributed by atoms with Gasteiger partial charge < -0.3 is 9.15 Å². The van der Waals surface area contributed by atoms with Crippen LogP contribution in [0.4, 0.5) is 0 Å². The number of hydrogen-bond donors (Lipinski definition) is 0. The fraction of sp³-hybridized carbons (Fsp3) is 0.0870. The van der Waals surface area contributed by atoms with Gasteiger partial charge in [0.15, 0.2) is 5.17 Å². The Bertz CT molecular complexity index is 1110. The molecular formula is C23H19N3O3S. The molecule has 1 aliphatic rings. The summed E-state index contributed by atoms with van der Waals surface area (Å²) in [4.78, 5) is 15.2. The van der Waals surface area contributed by atoms with E-state index in [1.54, 1.807) is 30.6 Å². The Hall–Kier alpha value is -3.58. The number of ether oxygens (including phenoxy) is 1. The van der Waals surface area contributed by atoms with Crippen molar-refractivity contribution in [1.82, 2.24) is 4.90 Å². The fourth-order valence-corrected chi connectivity index (χ4v) is 3.82. The van der Waals surface area contributed by atoms with Crippen molar-refractivity contribution >= 4 is 35.1 Å². The molecule has 30 heavy (non-hydrogen) atoms. The Labute approximate surface area is 178 Å². The zero-order valence-electron chi connectivity index (χ0n) is 16.3. The Morgan fingerprint density at radius 3 is 2.63 bits per heavy atom. The van der Waals surface area contributed by atoms with Crippen LogP contribution in [0.5, 0.6) is 5.75 Å². The molecule has 0 spiro atoms. The predicted molar refractivity (Wildman–Crippen MR) is 119 cm³/mol. The number of amides is 1. The summed E-state index contributed by atoms with van der Waals surface area (Å²) in [6, 6.07) is 20.8. The first-order chi connectivity index (χ1) is 14.7. The second kappa shape index (κ2) is 9.28. The summed E-state index contributed by atoms with van der Waals surface area (Å²) in [6.07, 6.45) is 5.05. The van der Waals surface area contributed by atoms with Crippen LogP contribution in [0.1, 0.15) is 16.9 Å². The third kappa shape index (κ3) is 4.52. The Morgan fingerprint density at radius 1 is 1.07 bits per heavy atom. The molecule has 0 aliphatic carbocycles. The number of hydrogen-bond acceptors (Lipinski definition) is 6. The summed E-state index contributed by atoms with van der Waals surface area (Å²) in [5.41, 5.74) is 1.75. The van der Waals surface area contributed by atoms with Crippen molar-refractivity contribution in [2.45, 2.75) is 6.54 Å². The number of para-hydroxylation sites is 1. The van der Waals surface area contributed by atoms with E-state index in [0.717, 1.165) is 11.1 Å². The van der Waals surface area contributed by atoms with Gasteiger partial charge in [-0.05, 0) is 41.6 Å². The highest BCUT2D eigenvalue weighted by atomic mass is 32.2. The van der Waals surface area contributed by atoms with E-state index in [0.29, 0.717) is 21.6 Å². The average molecular weight is 417 g/mol. The van der Waals surface area contributed by atoms with Gasteiger partial charge in [-0.25, -0.2) is 0 Å². The van der Waals surface area contributed by atoms with Crippen molar-refractivity contribution < 1.29 is 13.9 Å². The highest BCUT2D eigenvalue weighted by Gasteiger charge is 2.34. The van der Waals surface area contributed by atoms with Crippen LogP contribution in [0, 0.1) is 0 Å². The average Bonchev–Trinajstić information content (AvgIpc) is 3.39. The van der Waals surface area contributed by atoms with Crippen molar-refractivity contribution in [3.8, 4) is 5.75 Å². The Kier molecular flexibility index (Phi) is 6.10. The molecule has 1 aromatic heterocycles. The third-order valence-electron chi connectivity index (χ3n) is 4.36. The van der Waals surface area contributed by atoms with Crippen LogP contribution in [0.25, 0.3) is 6.08 Å². The minimum absolute atomic E-state index is 0.157. The molecule has 150 valence electrons. The minimum Gasteiger partial charge on any atom is -0.496 e. The molecule has 0 atom stereocenters. The molecule has 0 radical (unpaired) electrons. The molecule has 2 heterocycles. The maximum Gasteiger partial charge on any atom is 0.267 e. The number of nitrogens with zero attached hydrogens (tertiary/aromatic N) is 3. The van der Waals surface area contributed by atoms with Gasteiger partial charge in [-0.1, -0.05) is 48.5 Å². The van der Waals surface area contributed by atoms with Gasteiger partial charge in [0.25, 0.3) is 5.91 Å². The summed E-state index contributed by atoms with van der Waals surface area (Å²) < 4.78 is 10.8. The maximum atomic E-state index is 13.1. The summed E-state index contributed by atoms with van der Waals surface area (Å²) >= 11 is 1.27. The molecule has 7 heteroatoms. The lowest BCUT2D eigenvalue weighted by Crippen LogP contribution is -2.28. The summed E-state index contributed by atoms with van der Waals surface area (Å²) in [5.74, 6) is 1.21. The van der Waals surface area contributed by atoms with Gasteiger partial charge >= 0.3 is 0 Å². The van der Waals surface area contributed by atoms with Crippen molar-refractivity contribution in [2.24, 2.45) is 10.2 Å². The third-order valence-corrected chi connectivity index (χ3v) is 5.35. The monoisotopic (exact) mass is 417 g/mol. The van der Waals surface area contributed by atoms with Crippen LogP contribution in [0.2, 0.25) is 0 Å². The maximum absolute atomic E-state index is 13.1. The molecule has 1 saturated heterocycles. The molecule has 0 saturated carbocycles. The number of carbonyl (C=O) groups is 1. The molecule has 3 aromatic rings. The van der Waals surface area contributed by atoms with E-state index in [1.807, 2.05) is 66.7 Å². The van der Waals surface area contributed by atoms with Crippen LogP contribution in [0.15, 0.2) is 92.5 Å². The van der Waals surface area contributed by atoms with Crippen LogP contribution < -0.4 is 4.74 Å². The highest BCUT2D eigenvalue weighted by molar-refractivity contribution is 8.18. The zero-order valence-corrected chi connectivity index (χ0v) is 17.1. The minimum atomic E-state index is -0.157. The van der Waals surface area contributed by atoms with E-state index in [9.17, 15) is 4.79 Å². The van der Waals surface area contributed by atoms with Gasteiger partial charge in [0.1, 0.15) is 11.5 Å². The molecular weight excluding hydrogens is 398 g/mol. The molecule has 0 unspecified atom stereocenters. The first kappa shape index (κ1) is 19.7. The molecule has 2 aromatic carbocycles. The second-order valence-electron chi connectivity index (χ2n) is 6.36. The number of methoxy groups -OCH3 is 1. The smallest absolute Gasteiger partial charge is 0.267 e. The number of amidine groups is 1. The first-order valence-corrected chi connectivity index (χ1v) is 10.1. The molecule has 1 fully saturated rings. The molecule has 1 amide bonds. The number of rotatable bonds is 6. The van der Waals surface area contributed by atoms with E-state index in [4.69, 9.17) is 9.15 Å². The molecule has 1 aliphatic heterocycles. The van der Waals surface area contributed by atoms with E-state index in [2.05, 4.69) is 10.2 Å². The van der Waals surface area contributed by atoms with E-state index < -0.39 is 0 Å². The molecule has 4 rings (SSSR count). The van der Waals surface area contributed by atoms with Gasteiger partial charge in [-0.15, -0.1) is 5.10 Å².